The Bertz CT molecular complexity index is 897. The molecule has 0 radical (unpaired) electrons. The summed E-state index contributed by atoms with van der Waals surface area (Å²) in [5.41, 5.74) is 2.70. The molecule has 7 heteroatoms. The van der Waals surface area contributed by atoms with Crippen molar-refractivity contribution >= 4 is 44.9 Å². The number of carbonyl (C=O) groups excluding carboxylic acids is 1. The Labute approximate surface area is 148 Å². The van der Waals surface area contributed by atoms with E-state index < -0.39 is 0 Å². The van der Waals surface area contributed by atoms with E-state index in [9.17, 15) is 4.79 Å². The van der Waals surface area contributed by atoms with Crippen molar-refractivity contribution in [2.75, 3.05) is 5.32 Å². The van der Waals surface area contributed by atoms with Crippen LogP contribution in [0.15, 0.2) is 28.6 Å². The summed E-state index contributed by atoms with van der Waals surface area (Å²) >= 11 is 3.00. The van der Waals surface area contributed by atoms with Crippen LogP contribution in [0, 0.1) is 6.92 Å². The molecule has 24 heavy (non-hydrogen) atoms. The zero-order chi connectivity index (χ0) is 16.7. The van der Waals surface area contributed by atoms with E-state index >= 15 is 0 Å². The van der Waals surface area contributed by atoms with Crippen LogP contribution in [0.2, 0.25) is 0 Å². The summed E-state index contributed by atoms with van der Waals surface area (Å²) in [6.45, 7) is 3.89. The summed E-state index contributed by atoms with van der Waals surface area (Å²) in [6, 6.07) is 8.48. The highest BCUT2D eigenvalue weighted by atomic mass is 32.2. The van der Waals surface area contributed by atoms with E-state index in [1.54, 1.807) is 0 Å². The number of carbonyl (C=O) groups is 1. The van der Waals surface area contributed by atoms with Crippen molar-refractivity contribution in [2.45, 2.75) is 42.3 Å². The van der Waals surface area contributed by atoms with Gasteiger partial charge in [0.15, 0.2) is 10.1 Å². The fraction of sp³-hybridized carbons (Fsp3) is 0.353. The summed E-state index contributed by atoms with van der Waals surface area (Å²) in [4.78, 5) is 16.2. The number of aryl methyl sites for hydroxylation is 1. The number of hydrogen-bond acceptors (Lipinski definition) is 6. The first-order chi connectivity index (χ1) is 11.6. The molecule has 1 atom stereocenters. The Morgan fingerprint density at radius 3 is 2.96 bits per heavy atom. The molecule has 1 saturated carbocycles. The molecule has 0 saturated heterocycles. The number of rotatable bonds is 6. The minimum atomic E-state index is -0.204. The number of nitrogens with one attached hydrogen (secondary N) is 2. The van der Waals surface area contributed by atoms with Gasteiger partial charge in [0.25, 0.3) is 0 Å². The summed E-state index contributed by atoms with van der Waals surface area (Å²) < 4.78 is 0.830. The standard InChI is InChI=1S/C17H18N4OS2/c1-9-14(12-5-3-4-6-13(12)18-9)15(22)10(2)23-17-21-20-16(24-17)19-11-7-8-11/h3-6,10-11,18H,7-8H2,1-2H3,(H,19,20). The van der Waals surface area contributed by atoms with Crippen LogP contribution >= 0.6 is 23.1 Å². The van der Waals surface area contributed by atoms with Crippen molar-refractivity contribution in [3.05, 3.63) is 35.5 Å². The number of para-hydroxylation sites is 1. The van der Waals surface area contributed by atoms with Gasteiger partial charge in [0.2, 0.25) is 5.13 Å². The average molecular weight is 358 g/mol. The second-order valence-electron chi connectivity index (χ2n) is 6.09. The third-order valence-electron chi connectivity index (χ3n) is 4.10. The Kier molecular flexibility index (Phi) is 4.05. The molecule has 0 amide bonds. The Balaban J connectivity index is 1.52. The molecule has 1 fully saturated rings. The molecule has 5 nitrogen and oxygen atoms in total. The average Bonchev–Trinajstić information content (AvgIpc) is 3.16. The first-order valence-corrected chi connectivity index (χ1v) is 9.69. The van der Waals surface area contributed by atoms with Gasteiger partial charge in [0, 0.05) is 28.2 Å². The molecule has 2 aromatic heterocycles. The number of benzene rings is 1. The van der Waals surface area contributed by atoms with Gasteiger partial charge in [-0.15, -0.1) is 10.2 Å². The van der Waals surface area contributed by atoms with E-state index in [0.717, 1.165) is 31.6 Å². The minimum absolute atomic E-state index is 0.127. The van der Waals surface area contributed by atoms with Crippen molar-refractivity contribution in [3.8, 4) is 0 Å². The molecular weight excluding hydrogens is 340 g/mol. The number of anilines is 1. The number of nitrogens with zero attached hydrogens (tertiary/aromatic N) is 2. The maximum absolute atomic E-state index is 12.9. The van der Waals surface area contributed by atoms with Gasteiger partial charge in [-0.05, 0) is 32.8 Å². The molecule has 2 heterocycles. The molecule has 0 spiro atoms. The lowest BCUT2D eigenvalue weighted by molar-refractivity contribution is 0.0995. The lowest BCUT2D eigenvalue weighted by Crippen LogP contribution is -2.14. The predicted molar refractivity (Wildman–Crippen MR) is 99.2 cm³/mol. The molecule has 124 valence electrons. The summed E-state index contributed by atoms with van der Waals surface area (Å²) in [5, 5.41) is 13.3. The van der Waals surface area contributed by atoms with Crippen LogP contribution in [0.5, 0.6) is 0 Å². The van der Waals surface area contributed by atoms with Gasteiger partial charge < -0.3 is 10.3 Å². The van der Waals surface area contributed by atoms with Crippen LogP contribution in [-0.2, 0) is 0 Å². The fourth-order valence-electron chi connectivity index (χ4n) is 2.72. The van der Waals surface area contributed by atoms with E-state index in [-0.39, 0.29) is 11.0 Å². The summed E-state index contributed by atoms with van der Waals surface area (Å²) in [7, 11) is 0. The number of Topliss-reactive ketones (excluding diaryl/α,β-unsaturated/α-hetero) is 1. The van der Waals surface area contributed by atoms with E-state index in [2.05, 4.69) is 20.5 Å². The number of thioether (sulfide) groups is 1. The maximum Gasteiger partial charge on any atom is 0.206 e. The highest BCUT2D eigenvalue weighted by molar-refractivity contribution is 8.02. The monoisotopic (exact) mass is 358 g/mol. The smallest absolute Gasteiger partial charge is 0.206 e. The van der Waals surface area contributed by atoms with E-state index in [0.29, 0.717) is 6.04 Å². The van der Waals surface area contributed by atoms with Gasteiger partial charge in [-0.3, -0.25) is 4.79 Å². The van der Waals surface area contributed by atoms with Crippen LogP contribution in [0.25, 0.3) is 10.9 Å². The van der Waals surface area contributed by atoms with Gasteiger partial charge in [-0.25, -0.2) is 0 Å². The van der Waals surface area contributed by atoms with Crippen LogP contribution in [-0.4, -0.2) is 32.3 Å². The molecule has 1 aliphatic rings. The summed E-state index contributed by atoms with van der Waals surface area (Å²) in [5.74, 6) is 0.127. The fourth-order valence-corrected chi connectivity index (χ4v) is 4.75. The van der Waals surface area contributed by atoms with Gasteiger partial charge in [-0.1, -0.05) is 41.3 Å². The number of aromatic amines is 1. The number of hydrogen-bond donors (Lipinski definition) is 2. The zero-order valence-corrected chi connectivity index (χ0v) is 15.1. The van der Waals surface area contributed by atoms with E-state index in [4.69, 9.17) is 0 Å². The lowest BCUT2D eigenvalue weighted by atomic mass is 10.1. The van der Waals surface area contributed by atoms with Crippen LogP contribution in [0.4, 0.5) is 5.13 Å². The number of fused-ring (bicyclic) bond motifs is 1. The van der Waals surface area contributed by atoms with Crippen LogP contribution in [0.1, 0.15) is 35.8 Å². The lowest BCUT2D eigenvalue weighted by Gasteiger charge is -2.08. The highest BCUT2D eigenvalue weighted by Crippen LogP contribution is 2.34. The largest absolute Gasteiger partial charge is 0.358 e. The first kappa shape index (κ1) is 15.7. The normalized spacial score (nSPS) is 15.6. The molecule has 1 aromatic carbocycles. The topological polar surface area (TPSA) is 70.7 Å². The number of aromatic nitrogens is 3. The Morgan fingerprint density at radius 1 is 1.38 bits per heavy atom. The third-order valence-corrected chi connectivity index (χ3v) is 6.14. The molecule has 0 aliphatic heterocycles. The van der Waals surface area contributed by atoms with Crippen molar-refractivity contribution < 1.29 is 4.79 Å². The quantitative estimate of drug-likeness (QED) is 0.509. The molecule has 1 aliphatic carbocycles. The molecule has 1 unspecified atom stereocenters. The number of ketones is 1. The van der Waals surface area contributed by atoms with Crippen LogP contribution in [0.3, 0.4) is 0 Å². The van der Waals surface area contributed by atoms with Gasteiger partial charge in [0.05, 0.1) is 5.25 Å². The van der Waals surface area contributed by atoms with Crippen molar-refractivity contribution in [1.82, 2.24) is 15.2 Å². The molecular formula is C17H18N4OS2. The third kappa shape index (κ3) is 3.06. The SMILES string of the molecule is Cc1[nH]c2ccccc2c1C(=O)C(C)Sc1nnc(NC2CC2)s1. The van der Waals surface area contributed by atoms with E-state index in [1.807, 2.05) is 38.1 Å². The van der Waals surface area contributed by atoms with Crippen molar-refractivity contribution in [3.63, 3.8) is 0 Å². The Hall–Kier alpha value is -1.86. The molecule has 3 aromatic rings. The number of H-pyrrole nitrogens is 1. The molecule has 2 N–H and O–H groups in total. The molecule has 4 rings (SSSR count). The molecule has 0 bridgehead atoms. The first-order valence-electron chi connectivity index (χ1n) is 8.00. The minimum Gasteiger partial charge on any atom is -0.358 e. The van der Waals surface area contributed by atoms with Crippen molar-refractivity contribution in [2.24, 2.45) is 0 Å². The van der Waals surface area contributed by atoms with E-state index in [1.165, 1.54) is 35.9 Å². The Morgan fingerprint density at radius 2 is 2.17 bits per heavy atom. The second kappa shape index (κ2) is 6.22. The summed E-state index contributed by atoms with van der Waals surface area (Å²) in [6.07, 6.45) is 2.41. The maximum atomic E-state index is 12.9. The van der Waals surface area contributed by atoms with Gasteiger partial charge >= 0.3 is 0 Å². The zero-order valence-electron chi connectivity index (χ0n) is 13.5. The van der Waals surface area contributed by atoms with Crippen LogP contribution < -0.4 is 5.32 Å². The van der Waals surface area contributed by atoms with Gasteiger partial charge in [-0.2, -0.15) is 0 Å². The van der Waals surface area contributed by atoms with Crippen molar-refractivity contribution in [1.29, 1.82) is 0 Å². The second-order valence-corrected chi connectivity index (χ2v) is 8.65. The highest BCUT2D eigenvalue weighted by Gasteiger charge is 2.25. The van der Waals surface area contributed by atoms with Gasteiger partial charge in [0.1, 0.15) is 0 Å². The predicted octanol–water partition coefficient (Wildman–Crippen LogP) is 4.27.